The fraction of sp³-hybridized carbons (Fsp3) is 0.533. The Labute approximate surface area is 120 Å². The molecule has 0 spiro atoms. The average molecular weight is 276 g/mol. The number of likely N-dealkylation sites (tertiary alicyclic amines) is 1. The van der Waals surface area contributed by atoms with Crippen molar-refractivity contribution < 1.29 is 5.11 Å². The first-order valence-corrected chi connectivity index (χ1v) is 6.96. The predicted molar refractivity (Wildman–Crippen MR) is 80.8 cm³/mol. The normalized spacial score (nSPS) is 23.4. The Hall–Kier alpha value is -1.43. The molecule has 0 aliphatic carbocycles. The summed E-state index contributed by atoms with van der Waals surface area (Å²) in [6.45, 7) is 2.45. The maximum absolute atomic E-state index is 9.89. The van der Waals surface area contributed by atoms with Crippen LogP contribution in [-0.2, 0) is 6.54 Å². The van der Waals surface area contributed by atoms with E-state index in [0.29, 0.717) is 12.6 Å². The summed E-state index contributed by atoms with van der Waals surface area (Å²) in [5.41, 5.74) is 7.42. The Morgan fingerprint density at radius 2 is 2.25 bits per heavy atom. The van der Waals surface area contributed by atoms with Crippen LogP contribution in [-0.4, -0.2) is 60.1 Å². The van der Waals surface area contributed by atoms with Gasteiger partial charge in [0.25, 0.3) is 0 Å². The summed E-state index contributed by atoms with van der Waals surface area (Å²) in [4.78, 5) is 4.46. The fourth-order valence-electron chi connectivity index (χ4n) is 2.83. The van der Waals surface area contributed by atoms with Gasteiger partial charge in [-0.3, -0.25) is 10.3 Å². The summed E-state index contributed by atoms with van der Waals surface area (Å²) < 4.78 is 0. The van der Waals surface area contributed by atoms with Crippen molar-refractivity contribution in [3.8, 4) is 0 Å². The highest BCUT2D eigenvalue weighted by atomic mass is 16.3. The number of β-amino-alcohol motifs (C(OH)–C–C–N with tert-alkyl or cyclic N) is 1. The van der Waals surface area contributed by atoms with E-state index >= 15 is 0 Å². The van der Waals surface area contributed by atoms with E-state index in [1.165, 1.54) is 0 Å². The smallest absolute Gasteiger partial charge is 0.122 e. The van der Waals surface area contributed by atoms with Crippen LogP contribution in [0.15, 0.2) is 24.3 Å². The number of benzene rings is 1. The Bertz CT molecular complexity index is 475. The molecule has 1 aromatic rings. The van der Waals surface area contributed by atoms with Crippen molar-refractivity contribution in [3.63, 3.8) is 0 Å². The molecule has 4 N–H and O–H groups in total. The Morgan fingerprint density at radius 3 is 2.90 bits per heavy atom. The molecule has 5 nitrogen and oxygen atoms in total. The van der Waals surface area contributed by atoms with Crippen LogP contribution in [0.25, 0.3) is 0 Å². The lowest BCUT2D eigenvalue weighted by molar-refractivity contribution is 0.169. The van der Waals surface area contributed by atoms with Crippen molar-refractivity contribution in [1.82, 2.24) is 9.80 Å². The van der Waals surface area contributed by atoms with Gasteiger partial charge in [-0.15, -0.1) is 0 Å². The maximum Gasteiger partial charge on any atom is 0.122 e. The van der Waals surface area contributed by atoms with Crippen LogP contribution in [0, 0.1) is 5.41 Å². The Morgan fingerprint density at radius 1 is 1.50 bits per heavy atom. The van der Waals surface area contributed by atoms with E-state index in [9.17, 15) is 5.11 Å². The van der Waals surface area contributed by atoms with Crippen molar-refractivity contribution in [2.24, 2.45) is 5.73 Å². The standard InChI is InChI=1S/C15H24N4O/c1-18(2)9-13-7-14(20)10-19(13)8-11-4-3-5-12(6-11)15(16)17/h3-6,13-14,20H,7-10H2,1-2H3,(H3,16,17). The van der Waals surface area contributed by atoms with E-state index in [-0.39, 0.29) is 11.9 Å². The molecule has 2 atom stereocenters. The minimum absolute atomic E-state index is 0.0955. The molecule has 110 valence electrons. The predicted octanol–water partition coefficient (Wildman–Crippen LogP) is 0.467. The van der Waals surface area contributed by atoms with Gasteiger partial charge < -0.3 is 15.7 Å². The quantitative estimate of drug-likeness (QED) is 0.540. The molecule has 1 fully saturated rings. The van der Waals surface area contributed by atoms with Gasteiger partial charge in [-0.05, 0) is 32.1 Å². The number of nitrogen functional groups attached to an aromatic ring is 1. The summed E-state index contributed by atoms with van der Waals surface area (Å²) in [6, 6.07) is 8.16. The number of nitrogens with two attached hydrogens (primary N) is 1. The third kappa shape index (κ3) is 3.79. The lowest BCUT2D eigenvalue weighted by Crippen LogP contribution is -2.37. The summed E-state index contributed by atoms with van der Waals surface area (Å²) in [6.07, 6.45) is 0.584. The van der Waals surface area contributed by atoms with E-state index < -0.39 is 0 Å². The van der Waals surface area contributed by atoms with Gasteiger partial charge >= 0.3 is 0 Å². The number of hydrogen-bond donors (Lipinski definition) is 3. The SMILES string of the molecule is CN(C)CC1CC(O)CN1Cc1cccc(C(=N)N)c1. The van der Waals surface area contributed by atoms with Gasteiger partial charge in [0.15, 0.2) is 0 Å². The van der Waals surface area contributed by atoms with Crippen LogP contribution in [0.2, 0.25) is 0 Å². The van der Waals surface area contributed by atoms with Crippen LogP contribution in [0.3, 0.4) is 0 Å². The second-order valence-electron chi connectivity index (χ2n) is 5.85. The van der Waals surface area contributed by atoms with Crippen molar-refractivity contribution in [1.29, 1.82) is 5.41 Å². The first-order chi connectivity index (χ1) is 9.45. The maximum atomic E-state index is 9.89. The van der Waals surface area contributed by atoms with Gasteiger partial charge in [-0.25, -0.2) is 0 Å². The lowest BCUT2D eigenvalue weighted by atomic mass is 10.1. The zero-order valence-electron chi connectivity index (χ0n) is 12.2. The molecular weight excluding hydrogens is 252 g/mol. The molecule has 1 aromatic carbocycles. The van der Waals surface area contributed by atoms with E-state index in [1.807, 2.05) is 24.3 Å². The Kier molecular flexibility index (Phi) is 4.75. The molecule has 0 bridgehead atoms. The van der Waals surface area contributed by atoms with E-state index in [1.54, 1.807) is 0 Å². The molecule has 20 heavy (non-hydrogen) atoms. The highest BCUT2D eigenvalue weighted by Crippen LogP contribution is 2.21. The van der Waals surface area contributed by atoms with Gasteiger partial charge in [0, 0.05) is 31.2 Å². The number of amidine groups is 1. The molecule has 0 aromatic heterocycles. The third-order valence-corrected chi connectivity index (χ3v) is 3.71. The molecule has 1 saturated heterocycles. The topological polar surface area (TPSA) is 76.6 Å². The summed E-state index contributed by atoms with van der Waals surface area (Å²) in [7, 11) is 4.11. The number of likely N-dealkylation sites (N-methyl/N-ethyl adjacent to an activating group) is 1. The van der Waals surface area contributed by atoms with E-state index in [0.717, 1.165) is 30.6 Å². The monoisotopic (exact) mass is 276 g/mol. The minimum atomic E-state index is -0.240. The van der Waals surface area contributed by atoms with Crippen molar-refractivity contribution >= 4 is 5.84 Å². The van der Waals surface area contributed by atoms with Crippen molar-refractivity contribution in [2.75, 3.05) is 27.2 Å². The summed E-state index contributed by atoms with van der Waals surface area (Å²) >= 11 is 0. The van der Waals surface area contributed by atoms with Gasteiger partial charge in [0.05, 0.1) is 6.10 Å². The fourth-order valence-corrected chi connectivity index (χ4v) is 2.83. The molecule has 2 unspecified atom stereocenters. The molecule has 0 radical (unpaired) electrons. The van der Waals surface area contributed by atoms with Crippen LogP contribution in [0.4, 0.5) is 0 Å². The number of nitrogens with one attached hydrogen (secondary N) is 1. The summed E-state index contributed by atoms with van der Waals surface area (Å²) in [5.74, 6) is 0.0955. The molecule has 5 heteroatoms. The van der Waals surface area contributed by atoms with Crippen LogP contribution in [0.1, 0.15) is 17.5 Å². The van der Waals surface area contributed by atoms with Gasteiger partial charge in [-0.2, -0.15) is 0 Å². The second kappa shape index (κ2) is 6.35. The van der Waals surface area contributed by atoms with Crippen molar-refractivity contribution in [2.45, 2.75) is 25.1 Å². The number of hydrogen-bond acceptors (Lipinski definition) is 4. The Balaban J connectivity index is 2.07. The molecule has 1 heterocycles. The van der Waals surface area contributed by atoms with Gasteiger partial charge in [-0.1, -0.05) is 18.2 Å². The second-order valence-corrected chi connectivity index (χ2v) is 5.85. The molecule has 1 aliphatic heterocycles. The molecule has 0 saturated carbocycles. The number of nitrogens with zero attached hydrogens (tertiary/aromatic N) is 2. The van der Waals surface area contributed by atoms with Gasteiger partial charge in [0.2, 0.25) is 0 Å². The lowest BCUT2D eigenvalue weighted by Gasteiger charge is -2.26. The number of aliphatic hydroxyl groups excluding tert-OH is 1. The third-order valence-electron chi connectivity index (χ3n) is 3.71. The highest BCUT2D eigenvalue weighted by Gasteiger charge is 2.30. The van der Waals surface area contributed by atoms with E-state index in [4.69, 9.17) is 11.1 Å². The zero-order chi connectivity index (χ0) is 14.7. The first-order valence-electron chi connectivity index (χ1n) is 6.96. The first kappa shape index (κ1) is 15.0. The molecule has 0 amide bonds. The zero-order valence-corrected chi connectivity index (χ0v) is 12.2. The van der Waals surface area contributed by atoms with E-state index in [2.05, 4.69) is 23.9 Å². The molecule has 1 aliphatic rings. The average Bonchev–Trinajstić information content (AvgIpc) is 2.68. The molecule has 2 rings (SSSR count). The van der Waals surface area contributed by atoms with Gasteiger partial charge in [0.1, 0.15) is 5.84 Å². The van der Waals surface area contributed by atoms with Crippen LogP contribution >= 0.6 is 0 Å². The van der Waals surface area contributed by atoms with Crippen LogP contribution < -0.4 is 5.73 Å². The number of rotatable bonds is 5. The van der Waals surface area contributed by atoms with Crippen LogP contribution in [0.5, 0.6) is 0 Å². The van der Waals surface area contributed by atoms with Crippen molar-refractivity contribution in [3.05, 3.63) is 35.4 Å². The molecular formula is C15H24N4O. The largest absolute Gasteiger partial charge is 0.392 e. The number of aliphatic hydroxyl groups is 1. The summed E-state index contributed by atoms with van der Waals surface area (Å²) in [5, 5.41) is 17.4. The highest BCUT2D eigenvalue weighted by molar-refractivity contribution is 5.95. The minimum Gasteiger partial charge on any atom is -0.392 e.